The second-order valence-corrected chi connectivity index (χ2v) is 4.57. The fourth-order valence-electron chi connectivity index (χ4n) is 1.93. The number of halogens is 1. The van der Waals surface area contributed by atoms with E-state index < -0.39 is 12.9 Å². The minimum atomic E-state index is -1.83. The summed E-state index contributed by atoms with van der Waals surface area (Å²) < 4.78 is 24.0. The van der Waals surface area contributed by atoms with Crippen molar-refractivity contribution in [2.45, 2.75) is 13.2 Å². The Labute approximate surface area is 122 Å². The summed E-state index contributed by atoms with van der Waals surface area (Å²) in [6, 6.07) is 11.6. The second-order valence-electron chi connectivity index (χ2n) is 4.57. The molecule has 0 aliphatic heterocycles. The van der Waals surface area contributed by atoms with Crippen LogP contribution in [0.15, 0.2) is 42.5 Å². The molecule has 2 N–H and O–H groups in total. The maximum absolute atomic E-state index is 13.3. The zero-order chi connectivity index (χ0) is 15.2. The van der Waals surface area contributed by atoms with E-state index >= 15 is 0 Å². The van der Waals surface area contributed by atoms with E-state index in [-0.39, 0.29) is 12.1 Å². The van der Waals surface area contributed by atoms with Crippen LogP contribution in [0.5, 0.6) is 5.75 Å². The Balaban J connectivity index is 1.95. The van der Waals surface area contributed by atoms with Crippen LogP contribution in [0.2, 0.25) is 0 Å². The third kappa shape index (κ3) is 4.29. The first-order valence-corrected chi connectivity index (χ1v) is 6.45. The number of methoxy groups -OCH3 is 1. The lowest BCUT2D eigenvalue weighted by atomic mass is 9.79. The minimum Gasteiger partial charge on any atom is -0.497 e. The Hall–Kier alpha value is -1.89. The molecule has 0 radical (unpaired) electrons. The van der Waals surface area contributed by atoms with Crippen LogP contribution in [0, 0.1) is 5.82 Å². The second kappa shape index (κ2) is 7.22. The van der Waals surface area contributed by atoms with Gasteiger partial charge in [0, 0.05) is 5.46 Å². The molecule has 2 rings (SSSR count). The van der Waals surface area contributed by atoms with Crippen LogP contribution in [0.1, 0.15) is 11.1 Å². The summed E-state index contributed by atoms with van der Waals surface area (Å²) in [7, 11) is -0.233. The summed E-state index contributed by atoms with van der Waals surface area (Å²) in [6.07, 6.45) is 0. The van der Waals surface area contributed by atoms with Gasteiger partial charge in [-0.05, 0) is 29.3 Å². The normalized spacial score (nSPS) is 10.5. The van der Waals surface area contributed by atoms with Crippen molar-refractivity contribution in [3.63, 3.8) is 0 Å². The van der Waals surface area contributed by atoms with Crippen molar-refractivity contribution in [2.24, 2.45) is 0 Å². The summed E-state index contributed by atoms with van der Waals surface area (Å²) in [6.45, 7) is 0.628. The number of hydrogen-bond donors (Lipinski definition) is 2. The van der Waals surface area contributed by atoms with Gasteiger partial charge in [-0.2, -0.15) is 0 Å². The van der Waals surface area contributed by atoms with Crippen LogP contribution in [0.3, 0.4) is 0 Å². The highest BCUT2D eigenvalue weighted by Crippen LogP contribution is 2.14. The van der Waals surface area contributed by atoms with Gasteiger partial charge in [0.25, 0.3) is 0 Å². The third-order valence-corrected chi connectivity index (χ3v) is 3.01. The van der Waals surface area contributed by atoms with Crippen molar-refractivity contribution in [2.75, 3.05) is 7.11 Å². The molecule has 0 heterocycles. The van der Waals surface area contributed by atoms with E-state index in [2.05, 4.69) is 0 Å². The fraction of sp³-hybridized carbons (Fsp3) is 0.200. The standard InChI is InChI=1S/C15H16BFO4/c1-20-13-4-2-3-11(7-13)9-21-10-12-5-6-15(17)14(8-12)16(18)19/h2-8,18-19H,9-10H2,1H3. The number of ether oxygens (including phenoxy) is 2. The first-order chi connectivity index (χ1) is 10.1. The van der Waals surface area contributed by atoms with Gasteiger partial charge in [-0.25, -0.2) is 4.39 Å². The molecule has 0 spiro atoms. The largest absolute Gasteiger partial charge is 0.497 e. The molecule has 0 atom stereocenters. The van der Waals surface area contributed by atoms with Crippen molar-refractivity contribution in [1.29, 1.82) is 0 Å². The molecule has 0 amide bonds. The monoisotopic (exact) mass is 290 g/mol. The van der Waals surface area contributed by atoms with E-state index in [4.69, 9.17) is 19.5 Å². The molecule has 0 fully saturated rings. The smallest absolute Gasteiger partial charge is 0.491 e. The maximum atomic E-state index is 13.3. The third-order valence-electron chi connectivity index (χ3n) is 3.01. The van der Waals surface area contributed by atoms with Crippen molar-refractivity contribution in [3.05, 3.63) is 59.4 Å². The Bertz CT molecular complexity index is 604. The zero-order valence-electron chi connectivity index (χ0n) is 11.6. The average molecular weight is 290 g/mol. The maximum Gasteiger partial charge on any atom is 0.491 e. The first kappa shape index (κ1) is 15.5. The molecule has 2 aromatic rings. The Morgan fingerprint density at radius 2 is 1.76 bits per heavy atom. The van der Waals surface area contributed by atoms with Gasteiger partial charge in [0.2, 0.25) is 0 Å². The van der Waals surface area contributed by atoms with Gasteiger partial charge in [0.1, 0.15) is 11.6 Å². The van der Waals surface area contributed by atoms with Gasteiger partial charge < -0.3 is 19.5 Å². The number of rotatable bonds is 6. The van der Waals surface area contributed by atoms with Gasteiger partial charge in [0.15, 0.2) is 0 Å². The zero-order valence-corrected chi connectivity index (χ0v) is 11.6. The van der Waals surface area contributed by atoms with Gasteiger partial charge in [-0.1, -0.05) is 24.3 Å². The summed E-state index contributed by atoms with van der Waals surface area (Å²) in [5.74, 6) is 0.102. The van der Waals surface area contributed by atoms with Crippen molar-refractivity contribution < 1.29 is 23.9 Å². The lowest BCUT2D eigenvalue weighted by Gasteiger charge is -2.08. The van der Waals surface area contributed by atoms with Crippen LogP contribution in [-0.2, 0) is 18.0 Å². The molecule has 2 aromatic carbocycles. The predicted octanol–water partition coefficient (Wildman–Crippen LogP) is 1.23. The van der Waals surface area contributed by atoms with Crippen molar-refractivity contribution >= 4 is 12.6 Å². The highest BCUT2D eigenvalue weighted by atomic mass is 19.1. The van der Waals surface area contributed by atoms with Gasteiger partial charge in [0.05, 0.1) is 20.3 Å². The molecule has 110 valence electrons. The van der Waals surface area contributed by atoms with Crippen molar-refractivity contribution in [1.82, 2.24) is 0 Å². The summed E-state index contributed by atoms with van der Waals surface area (Å²) in [4.78, 5) is 0. The molecule has 6 heteroatoms. The molecule has 0 saturated carbocycles. The van der Waals surface area contributed by atoms with E-state index in [9.17, 15) is 4.39 Å². The number of hydrogen-bond acceptors (Lipinski definition) is 4. The molecule has 0 aliphatic rings. The number of benzene rings is 2. The molecular weight excluding hydrogens is 274 g/mol. The topological polar surface area (TPSA) is 58.9 Å². The summed E-state index contributed by atoms with van der Waals surface area (Å²) in [5.41, 5.74) is 1.47. The predicted molar refractivity (Wildman–Crippen MR) is 77.7 cm³/mol. The van der Waals surface area contributed by atoms with Crippen LogP contribution in [0.25, 0.3) is 0 Å². The van der Waals surface area contributed by atoms with Crippen LogP contribution >= 0.6 is 0 Å². The molecule has 0 bridgehead atoms. The Morgan fingerprint density at radius 3 is 2.43 bits per heavy atom. The average Bonchev–Trinajstić information content (AvgIpc) is 2.49. The Morgan fingerprint density at radius 1 is 1.05 bits per heavy atom. The quantitative estimate of drug-likeness (QED) is 0.786. The van der Waals surface area contributed by atoms with Crippen LogP contribution < -0.4 is 10.2 Å². The van der Waals surface area contributed by atoms with Crippen LogP contribution in [0.4, 0.5) is 4.39 Å². The van der Waals surface area contributed by atoms with Gasteiger partial charge >= 0.3 is 7.12 Å². The molecule has 0 unspecified atom stereocenters. The lowest BCUT2D eigenvalue weighted by molar-refractivity contribution is 0.107. The fourth-order valence-corrected chi connectivity index (χ4v) is 1.93. The summed E-state index contributed by atoms with van der Waals surface area (Å²) in [5, 5.41) is 18.1. The van der Waals surface area contributed by atoms with E-state index in [1.807, 2.05) is 24.3 Å². The van der Waals surface area contributed by atoms with Crippen molar-refractivity contribution in [3.8, 4) is 5.75 Å². The molecule has 0 aromatic heterocycles. The minimum absolute atomic E-state index is 0.155. The van der Waals surface area contributed by atoms with E-state index in [1.54, 1.807) is 13.2 Å². The van der Waals surface area contributed by atoms with Gasteiger partial charge in [-0.3, -0.25) is 0 Å². The molecule has 0 aliphatic carbocycles. The molecular formula is C15H16BFO4. The molecule has 4 nitrogen and oxygen atoms in total. The highest BCUT2D eigenvalue weighted by molar-refractivity contribution is 6.58. The van der Waals surface area contributed by atoms with E-state index in [0.29, 0.717) is 12.2 Å². The Kier molecular flexibility index (Phi) is 5.33. The lowest BCUT2D eigenvalue weighted by Crippen LogP contribution is -2.33. The first-order valence-electron chi connectivity index (χ1n) is 6.45. The summed E-state index contributed by atoms with van der Waals surface area (Å²) >= 11 is 0. The van der Waals surface area contributed by atoms with E-state index in [1.165, 1.54) is 12.1 Å². The molecule has 21 heavy (non-hydrogen) atoms. The van der Waals surface area contributed by atoms with Crippen LogP contribution in [-0.4, -0.2) is 24.3 Å². The molecule has 0 saturated heterocycles. The van der Waals surface area contributed by atoms with E-state index in [0.717, 1.165) is 11.3 Å². The highest BCUT2D eigenvalue weighted by Gasteiger charge is 2.16. The van der Waals surface area contributed by atoms with Gasteiger partial charge in [-0.15, -0.1) is 0 Å². The SMILES string of the molecule is COc1cccc(COCc2ccc(F)c(B(O)O)c2)c1.